The SMILES string of the molecule is c1ccc(-c2ccc(-c3ccc(-n4c5ccccc5c5cc(-c6ccc7c(c6)c6ccccc6n7-c6ccc(-c7ccc(-c8ccccc8)cc7)cc6)ccc54)cc3)cc2)cc1. The molecule has 62 heavy (non-hydrogen) atoms. The van der Waals surface area contributed by atoms with Crippen molar-refractivity contribution >= 4 is 43.6 Å². The molecule has 0 N–H and O–H groups in total. The molecule has 12 aromatic rings. The van der Waals surface area contributed by atoms with Crippen LogP contribution < -0.4 is 0 Å². The summed E-state index contributed by atoms with van der Waals surface area (Å²) in [5.74, 6) is 0. The predicted octanol–water partition coefficient (Wildman–Crippen LogP) is 16.2. The minimum absolute atomic E-state index is 1.15. The lowest BCUT2D eigenvalue weighted by molar-refractivity contribution is 1.18. The molecule has 0 unspecified atom stereocenters. The summed E-state index contributed by atoms with van der Waals surface area (Å²) in [6.07, 6.45) is 0. The number of nitrogens with zero attached hydrogens (tertiary/aromatic N) is 2. The van der Waals surface area contributed by atoms with Crippen molar-refractivity contribution in [3.8, 4) is 67.0 Å². The third-order valence-electron chi connectivity index (χ3n) is 12.6. The summed E-state index contributed by atoms with van der Waals surface area (Å²) in [6, 6.07) is 88.3. The van der Waals surface area contributed by atoms with Crippen molar-refractivity contribution < 1.29 is 0 Å². The third kappa shape index (κ3) is 6.12. The van der Waals surface area contributed by atoms with E-state index >= 15 is 0 Å². The first-order valence-electron chi connectivity index (χ1n) is 21.3. The molecule has 0 amide bonds. The Morgan fingerprint density at radius 1 is 0.177 bits per heavy atom. The van der Waals surface area contributed by atoms with E-state index in [4.69, 9.17) is 0 Å². The number of hydrogen-bond acceptors (Lipinski definition) is 0. The van der Waals surface area contributed by atoms with Crippen LogP contribution in [0.1, 0.15) is 0 Å². The summed E-state index contributed by atoms with van der Waals surface area (Å²) in [6.45, 7) is 0. The Bertz CT molecular complexity index is 3320. The molecule has 0 bridgehead atoms. The van der Waals surface area contributed by atoms with Crippen molar-refractivity contribution in [1.82, 2.24) is 9.13 Å². The molecule has 0 saturated heterocycles. The molecule has 0 aliphatic rings. The Labute approximate surface area is 360 Å². The molecule has 290 valence electrons. The van der Waals surface area contributed by atoms with E-state index < -0.39 is 0 Å². The lowest BCUT2D eigenvalue weighted by Crippen LogP contribution is -1.94. The van der Waals surface area contributed by atoms with Gasteiger partial charge in [0.2, 0.25) is 0 Å². The molecule has 0 radical (unpaired) electrons. The van der Waals surface area contributed by atoms with Crippen LogP contribution in [0.15, 0.2) is 243 Å². The van der Waals surface area contributed by atoms with Crippen molar-refractivity contribution in [1.29, 1.82) is 0 Å². The van der Waals surface area contributed by atoms with Gasteiger partial charge in [-0.05, 0) is 116 Å². The van der Waals surface area contributed by atoms with Crippen LogP contribution in [0.4, 0.5) is 0 Å². The van der Waals surface area contributed by atoms with Gasteiger partial charge in [0.15, 0.2) is 0 Å². The molecule has 2 aromatic heterocycles. The molecule has 2 nitrogen and oxygen atoms in total. The highest BCUT2D eigenvalue weighted by Gasteiger charge is 2.16. The molecule has 10 aromatic carbocycles. The van der Waals surface area contributed by atoms with Crippen LogP contribution in [0, 0.1) is 0 Å². The number of aromatic nitrogens is 2. The van der Waals surface area contributed by atoms with E-state index in [0.717, 1.165) is 11.4 Å². The van der Waals surface area contributed by atoms with E-state index in [2.05, 4.69) is 252 Å². The molecule has 0 aliphatic carbocycles. The zero-order valence-electron chi connectivity index (χ0n) is 34.0. The fourth-order valence-electron chi connectivity index (χ4n) is 9.44. The molecule has 12 rings (SSSR count). The first-order chi connectivity index (χ1) is 30.7. The summed E-state index contributed by atoms with van der Waals surface area (Å²) in [5.41, 5.74) is 19.3. The first kappa shape index (κ1) is 35.7. The minimum atomic E-state index is 1.15. The standard InChI is InChI=1S/C60H40N2/c1-3-11-41(12-4-1)43-19-23-45(24-20-43)47-27-33-51(34-28-47)61-57-17-9-7-15-53(57)55-39-49(31-37-59(55)61)50-32-38-60-56(40-50)54-16-8-10-18-58(54)62(60)52-35-29-48(30-36-52)46-25-21-44(22-26-46)42-13-5-2-6-14-42/h1-40H. The normalized spacial score (nSPS) is 11.5. The summed E-state index contributed by atoms with van der Waals surface area (Å²) < 4.78 is 4.80. The van der Waals surface area contributed by atoms with Crippen molar-refractivity contribution in [2.45, 2.75) is 0 Å². The Hall–Kier alpha value is -8.20. The molecule has 0 aliphatic heterocycles. The average molecular weight is 789 g/mol. The largest absolute Gasteiger partial charge is 0.309 e. The molecule has 0 saturated carbocycles. The van der Waals surface area contributed by atoms with Crippen molar-refractivity contribution in [2.75, 3.05) is 0 Å². The number of para-hydroxylation sites is 2. The number of rotatable bonds is 7. The van der Waals surface area contributed by atoms with Gasteiger partial charge >= 0.3 is 0 Å². The predicted molar refractivity (Wildman–Crippen MR) is 262 cm³/mol. The minimum Gasteiger partial charge on any atom is -0.309 e. The molecule has 2 heteroatoms. The lowest BCUT2D eigenvalue weighted by Gasteiger charge is -2.11. The average Bonchev–Trinajstić information content (AvgIpc) is 3.87. The van der Waals surface area contributed by atoms with Crippen LogP contribution in [-0.2, 0) is 0 Å². The van der Waals surface area contributed by atoms with Gasteiger partial charge in [-0.15, -0.1) is 0 Å². The van der Waals surface area contributed by atoms with Gasteiger partial charge in [0, 0.05) is 32.9 Å². The van der Waals surface area contributed by atoms with Crippen molar-refractivity contribution in [3.63, 3.8) is 0 Å². The van der Waals surface area contributed by atoms with Gasteiger partial charge in [-0.1, -0.05) is 182 Å². The fraction of sp³-hybridized carbons (Fsp3) is 0. The van der Waals surface area contributed by atoms with E-state index in [1.807, 2.05) is 0 Å². The van der Waals surface area contributed by atoms with E-state index in [1.54, 1.807) is 0 Å². The second-order valence-corrected chi connectivity index (χ2v) is 16.1. The molecule has 0 spiro atoms. The summed E-state index contributed by atoms with van der Waals surface area (Å²) in [4.78, 5) is 0. The maximum atomic E-state index is 2.40. The van der Waals surface area contributed by atoms with Crippen LogP contribution in [0.5, 0.6) is 0 Å². The van der Waals surface area contributed by atoms with Crippen LogP contribution in [0.3, 0.4) is 0 Å². The Kier molecular flexibility index (Phi) is 8.53. The molecule has 0 fully saturated rings. The topological polar surface area (TPSA) is 9.86 Å². The number of hydrogen-bond donors (Lipinski definition) is 0. The number of benzene rings is 10. The van der Waals surface area contributed by atoms with Gasteiger partial charge in [0.1, 0.15) is 0 Å². The van der Waals surface area contributed by atoms with E-state index in [0.29, 0.717) is 0 Å². The number of fused-ring (bicyclic) bond motifs is 6. The summed E-state index contributed by atoms with van der Waals surface area (Å²) in [7, 11) is 0. The van der Waals surface area contributed by atoms with Crippen LogP contribution >= 0.6 is 0 Å². The lowest BCUT2D eigenvalue weighted by atomic mass is 10.00. The first-order valence-corrected chi connectivity index (χ1v) is 21.3. The van der Waals surface area contributed by atoms with Crippen LogP contribution in [-0.4, -0.2) is 9.13 Å². The van der Waals surface area contributed by atoms with Gasteiger partial charge in [-0.2, -0.15) is 0 Å². The third-order valence-corrected chi connectivity index (χ3v) is 12.6. The Morgan fingerprint density at radius 2 is 0.435 bits per heavy atom. The Balaban J connectivity index is 0.878. The van der Waals surface area contributed by atoms with Gasteiger partial charge in [0.05, 0.1) is 22.1 Å². The van der Waals surface area contributed by atoms with Crippen LogP contribution in [0.25, 0.3) is 111 Å². The van der Waals surface area contributed by atoms with Gasteiger partial charge in [0.25, 0.3) is 0 Å². The second kappa shape index (κ2) is 14.8. The van der Waals surface area contributed by atoms with E-state index in [-0.39, 0.29) is 0 Å². The molecule has 0 atom stereocenters. The van der Waals surface area contributed by atoms with Gasteiger partial charge < -0.3 is 9.13 Å². The maximum absolute atomic E-state index is 2.40. The zero-order valence-corrected chi connectivity index (χ0v) is 34.0. The molecular weight excluding hydrogens is 749 g/mol. The van der Waals surface area contributed by atoms with Crippen molar-refractivity contribution in [3.05, 3.63) is 243 Å². The van der Waals surface area contributed by atoms with E-state index in [1.165, 1.54) is 99.2 Å². The Morgan fingerprint density at radius 3 is 0.790 bits per heavy atom. The van der Waals surface area contributed by atoms with Crippen molar-refractivity contribution in [2.24, 2.45) is 0 Å². The highest BCUT2D eigenvalue weighted by atomic mass is 15.0. The maximum Gasteiger partial charge on any atom is 0.0541 e. The van der Waals surface area contributed by atoms with E-state index in [9.17, 15) is 0 Å². The monoisotopic (exact) mass is 788 g/mol. The van der Waals surface area contributed by atoms with Gasteiger partial charge in [-0.3, -0.25) is 0 Å². The summed E-state index contributed by atoms with van der Waals surface area (Å²) in [5, 5.41) is 4.99. The molecule has 2 heterocycles. The molecular formula is C60H40N2. The highest BCUT2D eigenvalue weighted by Crippen LogP contribution is 2.39. The summed E-state index contributed by atoms with van der Waals surface area (Å²) >= 11 is 0. The fourth-order valence-corrected chi connectivity index (χ4v) is 9.44. The van der Waals surface area contributed by atoms with Gasteiger partial charge in [-0.25, -0.2) is 0 Å². The quantitative estimate of drug-likeness (QED) is 0.152. The zero-order chi connectivity index (χ0) is 41.0. The smallest absolute Gasteiger partial charge is 0.0541 e. The highest BCUT2D eigenvalue weighted by molar-refractivity contribution is 6.12. The second-order valence-electron chi connectivity index (χ2n) is 16.1. The van der Waals surface area contributed by atoms with Crippen LogP contribution in [0.2, 0.25) is 0 Å².